The zero-order valence-electron chi connectivity index (χ0n) is 12.2. The number of likely N-dealkylation sites (N-methyl/N-ethyl adjacent to an activating group) is 1. The van der Waals surface area contributed by atoms with Crippen molar-refractivity contribution >= 4 is 21.4 Å². The second-order valence-electron chi connectivity index (χ2n) is 5.50. The molecular formula is C16H17FN2O2S. The Bertz CT molecular complexity index is 788. The minimum Gasteiger partial charge on any atom is -0.374 e. The van der Waals surface area contributed by atoms with Gasteiger partial charge in [-0.1, -0.05) is 18.2 Å². The van der Waals surface area contributed by atoms with Crippen LogP contribution in [-0.4, -0.2) is 22.0 Å². The summed E-state index contributed by atoms with van der Waals surface area (Å²) in [6.45, 7) is 0.946. The van der Waals surface area contributed by atoms with E-state index in [1.165, 1.54) is 29.8 Å². The molecule has 1 N–H and O–H groups in total. The summed E-state index contributed by atoms with van der Waals surface area (Å²) in [7, 11) is -1.54. The van der Waals surface area contributed by atoms with Gasteiger partial charge in [0.1, 0.15) is 5.82 Å². The molecule has 4 nitrogen and oxygen atoms in total. The Morgan fingerprint density at radius 3 is 2.64 bits per heavy atom. The third kappa shape index (κ3) is 3.22. The number of benzene rings is 2. The Balaban J connectivity index is 1.77. The van der Waals surface area contributed by atoms with Crippen molar-refractivity contribution in [3.63, 3.8) is 0 Å². The first-order chi connectivity index (χ1) is 10.4. The first kappa shape index (κ1) is 14.8. The lowest BCUT2D eigenvalue weighted by Gasteiger charge is -2.14. The summed E-state index contributed by atoms with van der Waals surface area (Å²) in [4.78, 5) is 2.10. The van der Waals surface area contributed by atoms with Crippen LogP contribution in [0, 0.1) is 5.82 Å². The Morgan fingerprint density at radius 2 is 1.91 bits per heavy atom. The molecule has 0 saturated heterocycles. The van der Waals surface area contributed by atoms with E-state index < -0.39 is 10.0 Å². The van der Waals surface area contributed by atoms with E-state index in [-0.39, 0.29) is 11.6 Å². The molecule has 0 bridgehead atoms. The van der Waals surface area contributed by atoms with Crippen LogP contribution in [0.5, 0.6) is 0 Å². The fourth-order valence-corrected chi connectivity index (χ4v) is 3.81. The minimum atomic E-state index is -3.53. The van der Waals surface area contributed by atoms with Gasteiger partial charge in [-0.2, -0.15) is 0 Å². The lowest BCUT2D eigenvalue weighted by atomic mass is 10.1. The fourth-order valence-electron chi connectivity index (χ4n) is 2.62. The molecule has 0 aromatic heterocycles. The predicted octanol–water partition coefficient (Wildman–Crippen LogP) is 2.76. The van der Waals surface area contributed by atoms with Crippen molar-refractivity contribution in [2.45, 2.75) is 12.2 Å². The highest BCUT2D eigenvalue weighted by Gasteiger charge is 2.18. The van der Waals surface area contributed by atoms with Gasteiger partial charge in [0.15, 0.2) is 0 Å². The first-order valence-corrected chi connectivity index (χ1v) is 8.67. The summed E-state index contributed by atoms with van der Waals surface area (Å²) in [6, 6.07) is 11.1. The number of hydrogen-bond donors (Lipinski definition) is 1. The van der Waals surface area contributed by atoms with Crippen molar-refractivity contribution in [3.05, 3.63) is 59.4 Å². The molecule has 0 amide bonds. The molecule has 0 unspecified atom stereocenters. The minimum absolute atomic E-state index is 0.180. The van der Waals surface area contributed by atoms with Crippen molar-refractivity contribution < 1.29 is 12.8 Å². The summed E-state index contributed by atoms with van der Waals surface area (Å²) in [5.41, 5.74) is 3.38. The monoisotopic (exact) mass is 320 g/mol. The molecule has 0 saturated carbocycles. The predicted molar refractivity (Wildman–Crippen MR) is 86.1 cm³/mol. The Kier molecular flexibility index (Phi) is 3.78. The highest BCUT2D eigenvalue weighted by atomic mass is 32.2. The van der Waals surface area contributed by atoms with E-state index in [1.54, 1.807) is 6.07 Å². The van der Waals surface area contributed by atoms with Gasteiger partial charge in [0.25, 0.3) is 0 Å². The molecule has 1 heterocycles. The van der Waals surface area contributed by atoms with Crippen LogP contribution in [0.3, 0.4) is 0 Å². The number of nitrogens with one attached hydrogen (secondary N) is 1. The van der Waals surface area contributed by atoms with E-state index in [0.717, 1.165) is 18.7 Å². The van der Waals surface area contributed by atoms with Crippen LogP contribution in [0.2, 0.25) is 0 Å². The van der Waals surface area contributed by atoms with E-state index in [2.05, 4.69) is 9.62 Å². The molecule has 6 heteroatoms. The van der Waals surface area contributed by atoms with Crippen LogP contribution < -0.4 is 9.62 Å². The topological polar surface area (TPSA) is 49.4 Å². The number of hydrogen-bond acceptors (Lipinski definition) is 3. The highest BCUT2D eigenvalue weighted by molar-refractivity contribution is 7.91. The summed E-state index contributed by atoms with van der Waals surface area (Å²) < 4.78 is 39.9. The molecule has 0 spiro atoms. The maximum absolute atomic E-state index is 12.9. The lowest BCUT2D eigenvalue weighted by Crippen LogP contribution is -2.16. The highest BCUT2D eigenvalue weighted by Crippen LogP contribution is 2.30. The summed E-state index contributed by atoms with van der Waals surface area (Å²) in [5, 5.41) is 0. The Morgan fingerprint density at radius 1 is 1.18 bits per heavy atom. The third-order valence-corrected chi connectivity index (χ3v) is 5.02. The molecule has 116 valence electrons. The number of sulfonamides is 1. The first-order valence-electron chi connectivity index (χ1n) is 7.02. The molecule has 0 radical (unpaired) electrons. The molecule has 0 atom stereocenters. The third-order valence-electron chi connectivity index (χ3n) is 3.76. The van der Waals surface area contributed by atoms with Gasteiger partial charge in [-0.3, -0.25) is 4.72 Å². The molecule has 3 rings (SSSR count). The van der Waals surface area contributed by atoms with Gasteiger partial charge < -0.3 is 4.90 Å². The van der Waals surface area contributed by atoms with Gasteiger partial charge >= 0.3 is 0 Å². The van der Waals surface area contributed by atoms with Crippen LogP contribution in [-0.2, 0) is 22.2 Å². The maximum Gasteiger partial charge on any atom is 0.236 e. The van der Waals surface area contributed by atoms with Crippen molar-refractivity contribution in [2.75, 3.05) is 23.2 Å². The Labute approximate surface area is 129 Å². The van der Waals surface area contributed by atoms with E-state index >= 15 is 0 Å². The van der Waals surface area contributed by atoms with E-state index in [9.17, 15) is 12.8 Å². The summed E-state index contributed by atoms with van der Waals surface area (Å²) >= 11 is 0. The van der Waals surface area contributed by atoms with Crippen LogP contribution >= 0.6 is 0 Å². The van der Waals surface area contributed by atoms with Gasteiger partial charge in [0.05, 0.1) is 11.4 Å². The van der Waals surface area contributed by atoms with Crippen LogP contribution in [0.1, 0.15) is 11.1 Å². The average molecular weight is 320 g/mol. The van der Waals surface area contributed by atoms with Gasteiger partial charge in [-0.05, 0) is 41.8 Å². The molecule has 0 fully saturated rings. The lowest BCUT2D eigenvalue weighted by molar-refractivity contribution is 0.600. The average Bonchev–Trinajstić information content (AvgIpc) is 2.82. The van der Waals surface area contributed by atoms with Crippen LogP contribution in [0.4, 0.5) is 15.8 Å². The second-order valence-corrected chi connectivity index (χ2v) is 7.22. The molecule has 0 aliphatic carbocycles. The van der Waals surface area contributed by atoms with Crippen LogP contribution in [0.25, 0.3) is 0 Å². The van der Waals surface area contributed by atoms with Crippen molar-refractivity contribution in [1.29, 1.82) is 0 Å². The van der Waals surface area contributed by atoms with Gasteiger partial charge in [0, 0.05) is 19.3 Å². The van der Waals surface area contributed by atoms with Gasteiger partial charge in [-0.15, -0.1) is 0 Å². The fraction of sp³-hybridized carbons (Fsp3) is 0.250. The second kappa shape index (κ2) is 5.61. The normalized spacial score (nSPS) is 14.0. The quantitative estimate of drug-likeness (QED) is 0.942. The van der Waals surface area contributed by atoms with Gasteiger partial charge in [-0.25, -0.2) is 12.8 Å². The molecule has 1 aliphatic heterocycles. The van der Waals surface area contributed by atoms with E-state index in [0.29, 0.717) is 11.3 Å². The molecule has 1 aliphatic rings. The van der Waals surface area contributed by atoms with Crippen molar-refractivity contribution in [2.24, 2.45) is 0 Å². The molecule has 2 aromatic carbocycles. The Hall–Kier alpha value is -2.08. The van der Waals surface area contributed by atoms with Crippen molar-refractivity contribution in [1.82, 2.24) is 0 Å². The molecule has 22 heavy (non-hydrogen) atoms. The number of halogens is 1. The van der Waals surface area contributed by atoms with Crippen LogP contribution in [0.15, 0.2) is 42.5 Å². The number of fused-ring (bicyclic) bond motifs is 1. The maximum atomic E-state index is 12.9. The summed E-state index contributed by atoms with van der Waals surface area (Å²) in [6.07, 6.45) is 0.981. The smallest absolute Gasteiger partial charge is 0.236 e. The standard InChI is InChI=1S/C16H17FN2O2S/c1-19-9-8-13-4-7-15(10-16(13)19)18-22(20,21)11-12-2-5-14(17)6-3-12/h2-7,10,18H,8-9,11H2,1H3. The number of rotatable bonds is 4. The van der Waals surface area contributed by atoms with E-state index in [4.69, 9.17) is 0 Å². The van der Waals surface area contributed by atoms with E-state index in [1.807, 2.05) is 19.2 Å². The SMILES string of the molecule is CN1CCc2ccc(NS(=O)(=O)Cc3ccc(F)cc3)cc21. The molecular weight excluding hydrogens is 303 g/mol. The number of nitrogens with zero attached hydrogens (tertiary/aromatic N) is 1. The zero-order valence-corrected chi connectivity index (χ0v) is 13.0. The largest absolute Gasteiger partial charge is 0.374 e. The summed E-state index contributed by atoms with van der Waals surface area (Å²) in [5.74, 6) is -0.559. The number of anilines is 2. The van der Waals surface area contributed by atoms with Gasteiger partial charge in [0.2, 0.25) is 10.0 Å². The zero-order chi connectivity index (χ0) is 15.7. The van der Waals surface area contributed by atoms with Crippen molar-refractivity contribution in [3.8, 4) is 0 Å². The molecule has 2 aromatic rings.